The van der Waals surface area contributed by atoms with Gasteiger partial charge in [-0.05, 0) is 70.2 Å². The van der Waals surface area contributed by atoms with E-state index in [0.29, 0.717) is 16.8 Å². The number of carbonyl (C=O) groups is 3. The van der Waals surface area contributed by atoms with Crippen molar-refractivity contribution in [2.75, 3.05) is 13.1 Å². The van der Waals surface area contributed by atoms with Crippen molar-refractivity contribution < 1.29 is 27.9 Å². The second-order valence-electron chi connectivity index (χ2n) is 6.84. The van der Waals surface area contributed by atoms with Gasteiger partial charge in [-0.15, -0.1) is 5.10 Å². The van der Waals surface area contributed by atoms with Crippen molar-refractivity contribution in [2.24, 2.45) is 0 Å². The standard InChI is InChI=1S/C21H16F2N6O4S/c22-20(23)33-16-7-1-13(2-8-16)11-17-19(31)28(21(32)34-17)10-9-24-18(30)14-3-5-15(6-4-14)29-12-25-26-27-29/h1-8,11-12,20H,9-10H2,(H,24,30)/b17-11-. The summed E-state index contributed by atoms with van der Waals surface area (Å²) in [5.74, 6) is -0.874. The molecule has 4 rings (SSSR count). The van der Waals surface area contributed by atoms with Crippen LogP contribution in [0.1, 0.15) is 15.9 Å². The molecule has 1 aromatic heterocycles. The second-order valence-corrected chi connectivity index (χ2v) is 7.83. The number of aromatic nitrogens is 4. The van der Waals surface area contributed by atoms with Gasteiger partial charge < -0.3 is 10.1 Å². The number of alkyl halides is 2. The van der Waals surface area contributed by atoms with Gasteiger partial charge in [0.15, 0.2) is 0 Å². The van der Waals surface area contributed by atoms with Crippen molar-refractivity contribution in [2.45, 2.75) is 6.61 Å². The van der Waals surface area contributed by atoms with Gasteiger partial charge in [0.2, 0.25) is 0 Å². The van der Waals surface area contributed by atoms with Crippen molar-refractivity contribution in [1.29, 1.82) is 0 Å². The van der Waals surface area contributed by atoms with Crippen LogP contribution in [0.15, 0.2) is 59.8 Å². The molecule has 3 aromatic rings. The first-order chi connectivity index (χ1) is 16.4. The van der Waals surface area contributed by atoms with E-state index in [1.807, 2.05) is 0 Å². The minimum atomic E-state index is -2.93. The maximum Gasteiger partial charge on any atom is 0.387 e. The smallest absolute Gasteiger partial charge is 0.387 e. The summed E-state index contributed by atoms with van der Waals surface area (Å²) in [7, 11) is 0. The first-order valence-corrected chi connectivity index (χ1v) is 10.6. The van der Waals surface area contributed by atoms with E-state index in [0.717, 1.165) is 16.7 Å². The molecule has 1 aliphatic rings. The van der Waals surface area contributed by atoms with Crippen molar-refractivity contribution in [3.05, 3.63) is 70.9 Å². The fourth-order valence-electron chi connectivity index (χ4n) is 3.02. The number of nitrogens with zero attached hydrogens (tertiary/aromatic N) is 5. The number of nitrogens with one attached hydrogen (secondary N) is 1. The van der Waals surface area contributed by atoms with Gasteiger partial charge in [-0.2, -0.15) is 8.78 Å². The summed E-state index contributed by atoms with van der Waals surface area (Å²) in [6.45, 7) is -2.87. The molecule has 1 aliphatic heterocycles. The average Bonchev–Trinajstić information content (AvgIpc) is 3.45. The Hall–Kier alpha value is -4.13. The zero-order valence-corrected chi connectivity index (χ0v) is 18.1. The summed E-state index contributed by atoms with van der Waals surface area (Å²) in [5, 5.41) is 13.1. The molecular formula is C21H16F2N6O4S. The normalized spacial score (nSPS) is 14.8. The predicted molar refractivity (Wildman–Crippen MR) is 117 cm³/mol. The Kier molecular flexibility index (Phi) is 6.92. The van der Waals surface area contributed by atoms with Gasteiger partial charge in [-0.25, -0.2) is 4.68 Å². The molecule has 1 fully saturated rings. The number of rotatable bonds is 8. The van der Waals surface area contributed by atoms with Crippen LogP contribution in [0.4, 0.5) is 13.6 Å². The van der Waals surface area contributed by atoms with Crippen LogP contribution in [-0.2, 0) is 4.79 Å². The van der Waals surface area contributed by atoms with Crippen LogP contribution in [0.3, 0.4) is 0 Å². The van der Waals surface area contributed by atoms with Gasteiger partial charge >= 0.3 is 6.61 Å². The molecular weight excluding hydrogens is 470 g/mol. The molecule has 1 saturated heterocycles. The molecule has 174 valence electrons. The fourth-order valence-corrected chi connectivity index (χ4v) is 3.88. The third-order valence-corrected chi connectivity index (χ3v) is 5.55. The minimum absolute atomic E-state index is 0.00236. The molecule has 0 aliphatic carbocycles. The number of imide groups is 1. The number of hydrogen-bond acceptors (Lipinski definition) is 8. The van der Waals surface area contributed by atoms with Gasteiger partial charge in [-0.1, -0.05) is 12.1 Å². The Morgan fingerprint density at radius 1 is 1.12 bits per heavy atom. The summed E-state index contributed by atoms with van der Waals surface area (Å²) in [5.41, 5.74) is 1.62. The number of carbonyl (C=O) groups excluding carboxylic acids is 3. The summed E-state index contributed by atoms with van der Waals surface area (Å²) >= 11 is 0.763. The number of thioether (sulfide) groups is 1. The Bertz CT molecular complexity index is 1220. The van der Waals surface area contributed by atoms with Crippen LogP contribution in [0.5, 0.6) is 5.75 Å². The van der Waals surface area contributed by atoms with E-state index >= 15 is 0 Å². The van der Waals surface area contributed by atoms with Crippen LogP contribution in [0, 0.1) is 0 Å². The highest BCUT2D eigenvalue weighted by molar-refractivity contribution is 8.18. The van der Waals surface area contributed by atoms with E-state index < -0.39 is 17.8 Å². The first-order valence-electron chi connectivity index (χ1n) is 9.82. The largest absolute Gasteiger partial charge is 0.435 e. The highest BCUT2D eigenvalue weighted by atomic mass is 32.2. The highest BCUT2D eigenvalue weighted by Crippen LogP contribution is 2.32. The van der Waals surface area contributed by atoms with Gasteiger partial charge in [0, 0.05) is 18.7 Å². The number of hydrogen-bond donors (Lipinski definition) is 1. The van der Waals surface area contributed by atoms with Crippen LogP contribution in [0.25, 0.3) is 11.8 Å². The number of ether oxygens (including phenoxy) is 1. The number of halogens is 2. The molecule has 34 heavy (non-hydrogen) atoms. The van der Waals surface area contributed by atoms with Gasteiger partial charge in [0.1, 0.15) is 12.1 Å². The molecule has 0 bridgehead atoms. The quantitative estimate of drug-likeness (QED) is 0.483. The van der Waals surface area contributed by atoms with E-state index in [9.17, 15) is 23.2 Å². The Morgan fingerprint density at radius 2 is 1.85 bits per heavy atom. The monoisotopic (exact) mass is 486 g/mol. The molecule has 2 aromatic carbocycles. The maximum absolute atomic E-state index is 12.6. The zero-order chi connectivity index (χ0) is 24.1. The Labute approximate surface area is 195 Å². The topological polar surface area (TPSA) is 119 Å². The lowest BCUT2D eigenvalue weighted by Crippen LogP contribution is -2.37. The van der Waals surface area contributed by atoms with Gasteiger partial charge in [0.25, 0.3) is 17.1 Å². The third kappa shape index (κ3) is 5.43. The third-order valence-electron chi connectivity index (χ3n) is 4.64. The predicted octanol–water partition coefficient (Wildman–Crippen LogP) is 2.73. The molecule has 2 heterocycles. The molecule has 10 nitrogen and oxygen atoms in total. The van der Waals surface area contributed by atoms with E-state index in [1.54, 1.807) is 24.3 Å². The van der Waals surface area contributed by atoms with E-state index in [4.69, 9.17) is 0 Å². The lowest BCUT2D eigenvalue weighted by molar-refractivity contribution is -0.122. The van der Waals surface area contributed by atoms with Crippen LogP contribution >= 0.6 is 11.8 Å². The maximum atomic E-state index is 12.6. The van der Waals surface area contributed by atoms with E-state index in [2.05, 4.69) is 25.6 Å². The summed E-state index contributed by atoms with van der Waals surface area (Å²) in [6, 6.07) is 12.2. The molecule has 0 saturated carbocycles. The van der Waals surface area contributed by atoms with Crippen LogP contribution < -0.4 is 10.1 Å². The lowest BCUT2D eigenvalue weighted by atomic mass is 10.2. The van der Waals surface area contributed by atoms with Crippen molar-refractivity contribution in [1.82, 2.24) is 30.4 Å². The minimum Gasteiger partial charge on any atom is -0.435 e. The molecule has 13 heteroatoms. The zero-order valence-electron chi connectivity index (χ0n) is 17.3. The lowest BCUT2D eigenvalue weighted by Gasteiger charge is -2.13. The average molecular weight is 486 g/mol. The highest BCUT2D eigenvalue weighted by Gasteiger charge is 2.34. The number of amides is 3. The van der Waals surface area contributed by atoms with Crippen LogP contribution in [0.2, 0.25) is 0 Å². The van der Waals surface area contributed by atoms with Crippen molar-refractivity contribution in [3.8, 4) is 11.4 Å². The summed E-state index contributed by atoms with van der Waals surface area (Å²) < 4.78 is 30.2. The van der Waals surface area contributed by atoms with E-state index in [-0.39, 0.29) is 29.7 Å². The van der Waals surface area contributed by atoms with Crippen molar-refractivity contribution >= 4 is 34.9 Å². The molecule has 3 amide bonds. The SMILES string of the molecule is O=C(NCCN1C(=O)S/C(=C\c2ccc(OC(F)F)cc2)C1=O)c1ccc(-n2cnnn2)cc1. The molecule has 0 radical (unpaired) electrons. The summed E-state index contributed by atoms with van der Waals surface area (Å²) in [4.78, 5) is 38.4. The fraction of sp³-hybridized carbons (Fsp3) is 0.143. The van der Waals surface area contributed by atoms with Crippen LogP contribution in [-0.4, -0.2) is 61.9 Å². The van der Waals surface area contributed by atoms with Gasteiger partial charge in [-0.3, -0.25) is 19.3 Å². The Morgan fingerprint density at radius 3 is 2.50 bits per heavy atom. The summed E-state index contributed by atoms with van der Waals surface area (Å²) in [6.07, 6.45) is 2.92. The molecule has 0 spiro atoms. The van der Waals surface area contributed by atoms with Crippen molar-refractivity contribution in [3.63, 3.8) is 0 Å². The first kappa shape index (κ1) is 23.0. The number of benzene rings is 2. The molecule has 0 atom stereocenters. The Balaban J connectivity index is 1.31. The molecule has 0 unspecified atom stereocenters. The van der Waals surface area contributed by atoms with E-state index in [1.165, 1.54) is 41.4 Å². The second kappa shape index (κ2) is 10.2. The number of tetrazole rings is 1. The van der Waals surface area contributed by atoms with Gasteiger partial charge in [0.05, 0.1) is 10.6 Å². The molecule has 1 N–H and O–H groups in total.